The number of rotatable bonds is 7. The Hall–Kier alpha value is -0.380. The topological polar surface area (TPSA) is 32.5 Å². The molecule has 1 aliphatic carbocycles. The summed E-state index contributed by atoms with van der Waals surface area (Å²) in [6.07, 6.45) is 5.58. The van der Waals surface area contributed by atoms with Gasteiger partial charge in [-0.1, -0.05) is 26.0 Å². The Bertz CT molecular complexity index is 236. The third-order valence-corrected chi connectivity index (χ3v) is 3.18. The van der Waals surface area contributed by atoms with Crippen molar-refractivity contribution in [2.24, 2.45) is 17.6 Å². The van der Waals surface area contributed by atoms with Gasteiger partial charge in [0, 0.05) is 32.2 Å². The van der Waals surface area contributed by atoms with Gasteiger partial charge in [-0.2, -0.15) is 0 Å². The summed E-state index contributed by atoms with van der Waals surface area (Å²) >= 11 is 0. The summed E-state index contributed by atoms with van der Waals surface area (Å²) < 4.78 is 0. The molecule has 3 heteroatoms. The summed E-state index contributed by atoms with van der Waals surface area (Å²) in [5.41, 5.74) is 5.91. The first-order valence-corrected chi connectivity index (χ1v) is 6.78. The van der Waals surface area contributed by atoms with Crippen molar-refractivity contribution >= 4 is 0 Å². The van der Waals surface area contributed by atoms with Crippen molar-refractivity contribution in [1.82, 2.24) is 9.80 Å². The molecule has 0 aliphatic heterocycles. The second kappa shape index (κ2) is 7.14. The van der Waals surface area contributed by atoms with Crippen LogP contribution in [-0.2, 0) is 0 Å². The van der Waals surface area contributed by atoms with E-state index in [-0.39, 0.29) is 6.04 Å². The van der Waals surface area contributed by atoms with E-state index in [2.05, 4.69) is 49.9 Å². The van der Waals surface area contributed by atoms with Gasteiger partial charge in [0.05, 0.1) is 0 Å². The predicted octanol–water partition coefficient (Wildman–Crippen LogP) is 1.41. The molecule has 0 amide bonds. The molecule has 1 aliphatic rings. The van der Waals surface area contributed by atoms with Gasteiger partial charge < -0.3 is 15.5 Å². The van der Waals surface area contributed by atoms with Gasteiger partial charge in [-0.3, -0.25) is 0 Å². The van der Waals surface area contributed by atoms with Crippen molar-refractivity contribution in [3.63, 3.8) is 0 Å². The van der Waals surface area contributed by atoms with Crippen molar-refractivity contribution in [3.8, 4) is 0 Å². The fraction of sp³-hybridized carbons (Fsp3) is 0.857. The number of nitrogens with zero attached hydrogens (tertiary/aromatic N) is 2. The molecule has 100 valence electrons. The van der Waals surface area contributed by atoms with Crippen LogP contribution in [-0.4, -0.2) is 56.1 Å². The van der Waals surface area contributed by atoms with Crippen LogP contribution in [0.4, 0.5) is 0 Å². The van der Waals surface area contributed by atoms with Crippen LogP contribution in [0.2, 0.25) is 0 Å². The molecule has 0 heterocycles. The molecule has 0 radical (unpaired) electrons. The van der Waals surface area contributed by atoms with E-state index in [1.165, 1.54) is 6.54 Å². The molecule has 0 fully saturated rings. The number of nitrogens with two attached hydrogens (primary N) is 1. The van der Waals surface area contributed by atoms with Gasteiger partial charge in [0.25, 0.3) is 0 Å². The van der Waals surface area contributed by atoms with Crippen molar-refractivity contribution in [1.29, 1.82) is 0 Å². The minimum atomic E-state index is 0.287. The normalized spacial score (nSPS) is 24.5. The smallest absolute Gasteiger partial charge is 0.0229 e. The van der Waals surface area contributed by atoms with E-state index in [4.69, 9.17) is 5.73 Å². The quantitative estimate of drug-likeness (QED) is 0.682. The van der Waals surface area contributed by atoms with Crippen LogP contribution in [0.15, 0.2) is 12.2 Å². The van der Waals surface area contributed by atoms with Crippen LogP contribution < -0.4 is 5.73 Å². The molecule has 0 saturated carbocycles. The largest absolute Gasteiger partial charge is 0.324 e. The zero-order chi connectivity index (χ0) is 12.8. The Morgan fingerprint density at radius 2 is 1.94 bits per heavy atom. The third-order valence-electron chi connectivity index (χ3n) is 3.18. The summed E-state index contributed by atoms with van der Waals surface area (Å²) in [5, 5.41) is 0. The molecule has 0 aromatic carbocycles. The monoisotopic (exact) mass is 239 g/mol. The third kappa shape index (κ3) is 6.20. The molecule has 2 N–H and O–H groups in total. The van der Waals surface area contributed by atoms with E-state index in [1.807, 2.05) is 0 Å². The zero-order valence-corrected chi connectivity index (χ0v) is 11.9. The number of hydrogen-bond donors (Lipinski definition) is 1. The van der Waals surface area contributed by atoms with Crippen molar-refractivity contribution in [2.45, 2.75) is 26.3 Å². The van der Waals surface area contributed by atoms with Gasteiger partial charge in [-0.25, -0.2) is 0 Å². The van der Waals surface area contributed by atoms with E-state index in [1.54, 1.807) is 0 Å². The lowest BCUT2D eigenvalue weighted by atomic mass is 10.1. The van der Waals surface area contributed by atoms with Gasteiger partial charge in [0.15, 0.2) is 0 Å². The molecule has 17 heavy (non-hydrogen) atoms. The molecular formula is C14H29N3. The minimum absolute atomic E-state index is 0.287. The maximum absolute atomic E-state index is 5.91. The molecule has 0 saturated heterocycles. The maximum atomic E-state index is 5.91. The lowest BCUT2D eigenvalue weighted by Crippen LogP contribution is -2.37. The van der Waals surface area contributed by atoms with Crippen LogP contribution in [0.5, 0.6) is 0 Å². The highest BCUT2D eigenvalue weighted by Gasteiger charge is 2.19. The van der Waals surface area contributed by atoms with Crippen LogP contribution >= 0.6 is 0 Å². The first-order valence-electron chi connectivity index (χ1n) is 6.78. The molecule has 0 aromatic rings. The summed E-state index contributed by atoms with van der Waals surface area (Å²) in [6.45, 7) is 9.22. The van der Waals surface area contributed by atoms with E-state index < -0.39 is 0 Å². The Morgan fingerprint density at radius 1 is 1.24 bits per heavy atom. The minimum Gasteiger partial charge on any atom is -0.324 e. The molecular weight excluding hydrogens is 210 g/mol. The van der Waals surface area contributed by atoms with Crippen LogP contribution in [0.1, 0.15) is 20.3 Å². The number of likely N-dealkylation sites (N-methyl/N-ethyl adjacent to an activating group) is 1. The highest BCUT2D eigenvalue weighted by molar-refractivity contribution is 5.05. The Morgan fingerprint density at radius 3 is 2.41 bits per heavy atom. The standard InChI is InChI=1S/C14H29N3/c1-12(2)10-17(8-7-16(3)4)11-13-5-6-14(15)9-13/h5-6,12-14H,7-11,15H2,1-4H3. The average Bonchev–Trinajstić information content (AvgIpc) is 2.59. The molecule has 2 atom stereocenters. The van der Waals surface area contributed by atoms with Crippen LogP contribution in [0.25, 0.3) is 0 Å². The van der Waals surface area contributed by atoms with Crippen molar-refractivity contribution < 1.29 is 0 Å². The van der Waals surface area contributed by atoms with Crippen LogP contribution in [0.3, 0.4) is 0 Å². The fourth-order valence-corrected chi connectivity index (χ4v) is 2.39. The highest BCUT2D eigenvalue weighted by atomic mass is 15.2. The summed E-state index contributed by atoms with van der Waals surface area (Å²) in [7, 11) is 4.28. The first-order chi connectivity index (χ1) is 7.97. The molecule has 0 spiro atoms. The summed E-state index contributed by atoms with van der Waals surface area (Å²) in [4.78, 5) is 4.83. The number of hydrogen-bond acceptors (Lipinski definition) is 3. The van der Waals surface area contributed by atoms with Gasteiger partial charge in [-0.15, -0.1) is 0 Å². The summed E-state index contributed by atoms with van der Waals surface area (Å²) in [5.74, 6) is 1.39. The van der Waals surface area contributed by atoms with Gasteiger partial charge in [-0.05, 0) is 32.4 Å². The predicted molar refractivity (Wildman–Crippen MR) is 75.1 cm³/mol. The first kappa shape index (κ1) is 14.7. The Kier molecular flexibility index (Phi) is 6.17. The maximum Gasteiger partial charge on any atom is 0.0229 e. The SMILES string of the molecule is CC(C)CN(CCN(C)C)CC1C=CC(N)C1. The van der Waals surface area contributed by atoms with Gasteiger partial charge >= 0.3 is 0 Å². The Balaban J connectivity index is 2.37. The van der Waals surface area contributed by atoms with E-state index in [0.29, 0.717) is 5.92 Å². The molecule has 2 unspecified atom stereocenters. The van der Waals surface area contributed by atoms with Gasteiger partial charge in [0.2, 0.25) is 0 Å². The highest BCUT2D eigenvalue weighted by Crippen LogP contribution is 2.18. The summed E-state index contributed by atoms with van der Waals surface area (Å²) in [6, 6.07) is 0.287. The van der Waals surface area contributed by atoms with Gasteiger partial charge in [0.1, 0.15) is 0 Å². The zero-order valence-electron chi connectivity index (χ0n) is 11.9. The fourth-order valence-electron chi connectivity index (χ4n) is 2.39. The lowest BCUT2D eigenvalue weighted by molar-refractivity contribution is 0.200. The van der Waals surface area contributed by atoms with Crippen LogP contribution in [0, 0.1) is 11.8 Å². The Labute approximate surface area is 107 Å². The molecule has 1 rings (SSSR count). The van der Waals surface area contributed by atoms with Crippen molar-refractivity contribution in [2.75, 3.05) is 40.3 Å². The van der Waals surface area contributed by atoms with E-state index in [9.17, 15) is 0 Å². The lowest BCUT2D eigenvalue weighted by Gasteiger charge is -2.28. The second-order valence-electron chi connectivity index (χ2n) is 6.00. The average molecular weight is 239 g/mol. The second-order valence-corrected chi connectivity index (χ2v) is 6.00. The molecule has 0 bridgehead atoms. The molecule has 0 aromatic heterocycles. The molecule has 3 nitrogen and oxygen atoms in total. The van der Waals surface area contributed by atoms with Crippen molar-refractivity contribution in [3.05, 3.63) is 12.2 Å². The van der Waals surface area contributed by atoms with E-state index >= 15 is 0 Å². The van der Waals surface area contributed by atoms with E-state index in [0.717, 1.165) is 32.0 Å².